The Morgan fingerprint density at radius 1 is 1.45 bits per heavy atom. The molecule has 2 unspecified atom stereocenters. The van der Waals surface area contributed by atoms with Gasteiger partial charge in [0.05, 0.1) is 11.4 Å². The lowest BCUT2D eigenvalue weighted by atomic mass is 10.2. The Bertz CT molecular complexity index is 530. The van der Waals surface area contributed by atoms with Crippen molar-refractivity contribution >= 4 is 39.7 Å². The number of nitrogens with one attached hydrogen (secondary N) is 1. The Morgan fingerprint density at radius 2 is 2.10 bits per heavy atom. The van der Waals surface area contributed by atoms with Crippen LogP contribution in [0, 0.1) is 0 Å². The predicted molar refractivity (Wildman–Crippen MR) is 84.4 cm³/mol. The second-order valence-corrected chi connectivity index (χ2v) is 7.57. The van der Waals surface area contributed by atoms with Crippen LogP contribution in [0.15, 0.2) is 18.2 Å². The number of anilines is 2. The first-order valence-corrected chi connectivity index (χ1v) is 8.39. The zero-order valence-electron chi connectivity index (χ0n) is 11.4. The molecule has 20 heavy (non-hydrogen) atoms. The lowest BCUT2D eigenvalue weighted by molar-refractivity contribution is -0.115. The van der Waals surface area contributed by atoms with Gasteiger partial charge in [-0.25, -0.2) is 0 Å². The lowest BCUT2D eigenvalue weighted by Crippen LogP contribution is -2.33. The number of nitrogen functional groups attached to an aromatic ring is 1. The van der Waals surface area contributed by atoms with Crippen LogP contribution in [0.5, 0.6) is 0 Å². The van der Waals surface area contributed by atoms with Crippen LogP contribution in [0.3, 0.4) is 0 Å². The van der Waals surface area contributed by atoms with E-state index in [0.29, 0.717) is 16.4 Å². The number of rotatable bonds is 4. The van der Waals surface area contributed by atoms with E-state index in [4.69, 9.17) is 17.3 Å². The van der Waals surface area contributed by atoms with E-state index in [2.05, 4.69) is 5.32 Å². The van der Waals surface area contributed by atoms with Gasteiger partial charge in [-0.1, -0.05) is 24.4 Å². The van der Waals surface area contributed by atoms with Crippen molar-refractivity contribution in [2.45, 2.75) is 43.1 Å². The molecule has 0 radical (unpaired) electrons. The van der Waals surface area contributed by atoms with Gasteiger partial charge in [-0.3, -0.25) is 9.00 Å². The molecule has 1 aliphatic rings. The van der Waals surface area contributed by atoms with E-state index in [0.717, 1.165) is 25.7 Å². The smallest absolute Gasteiger partial charge is 0.239 e. The molecule has 1 fully saturated rings. The normalized spacial score (nSPS) is 18.7. The molecule has 0 aliphatic heterocycles. The Hall–Kier alpha value is -1.07. The monoisotopic (exact) mass is 314 g/mol. The zero-order chi connectivity index (χ0) is 14.7. The van der Waals surface area contributed by atoms with Crippen molar-refractivity contribution in [1.82, 2.24) is 0 Å². The molecule has 0 spiro atoms. The molecule has 1 aromatic carbocycles. The Balaban J connectivity index is 2.03. The molecule has 3 N–H and O–H groups in total. The van der Waals surface area contributed by atoms with Crippen LogP contribution >= 0.6 is 11.6 Å². The van der Waals surface area contributed by atoms with Crippen molar-refractivity contribution < 1.29 is 9.00 Å². The van der Waals surface area contributed by atoms with Gasteiger partial charge in [-0.05, 0) is 38.0 Å². The van der Waals surface area contributed by atoms with E-state index in [1.165, 1.54) is 0 Å². The summed E-state index contributed by atoms with van der Waals surface area (Å²) in [6.07, 6.45) is 4.10. The minimum absolute atomic E-state index is 0.146. The second-order valence-electron chi connectivity index (χ2n) is 5.10. The standard InChI is InChI=1S/C14H19ClN2O2S/c1-9(20(19)11-4-2-3-5-11)14(18)17-13-8-10(15)6-7-12(13)16/h6-9,11H,2-5,16H2,1H3,(H,17,18). The predicted octanol–water partition coefficient (Wildman–Crippen LogP) is 2.94. The number of carbonyl (C=O) groups excluding carboxylic acids is 1. The molecule has 0 saturated heterocycles. The number of hydrogen-bond donors (Lipinski definition) is 2. The molecule has 0 bridgehead atoms. The van der Waals surface area contributed by atoms with Crippen LogP contribution < -0.4 is 11.1 Å². The van der Waals surface area contributed by atoms with E-state index in [-0.39, 0.29) is 11.2 Å². The highest BCUT2D eigenvalue weighted by Crippen LogP contribution is 2.26. The van der Waals surface area contributed by atoms with Gasteiger partial charge in [0, 0.05) is 21.1 Å². The lowest BCUT2D eigenvalue weighted by Gasteiger charge is -2.17. The third kappa shape index (κ3) is 3.52. The molecule has 2 atom stereocenters. The van der Waals surface area contributed by atoms with Crippen LogP contribution in [0.2, 0.25) is 5.02 Å². The zero-order valence-corrected chi connectivity index (χ0v) is 13.0. The first-order chi connectivity index (χ1) is 9.49. The first kappa shape index (κ1) is 15.3. The van der Waals surface area contributed by atoms with Crippen LogP contribution in [-0.2, 0) is 15.6 Å². The molecule has 1 aliphatic carbocycles. The number of benzene rings is 1. The molecule has 1 aromatic rings. The van der Waals surface area contributed by atoms with Crippen molar-refractivity contribution in [1.29, 1.82) is 0 Å². The van der Waals surface area contributed by atoms with E-state index in [1.807, 2.05) is 0 Å². The third-order valence-electron chi connectivity index (χ3n) is 3.62. The quantitative estimate of drug-likeness (QED) is 0.839. The van der Waals surface area contributed by atoms with Crippen LogP contribution in [-0.4, -0.2) is 20.6 Å². The van der Waals surface area contributed by atoms with Crippen molar-refractivity contribution in [3.8, 4) is 0 Å². The summed E-state index contributed by atoms with van der Waals surface area (Å²) in [5.41, 5.74) is 6.70. The van der Waals surface area contributed by atoms with Crippen molar-refractivity contribution in [3.63, 3.8) is 0 Å². The van der Waals surface area contributed by atoms with Gasteiger partial charge in [0.25, 0.3) is 0 Å². The summed E-state index contributed by atoms with van der Waals surface area (Å²) in [6, 6.07) is 4.89. The molecule has 0 aromatic heterocycles. The van der Waals surface area contributed by atoms with Crippen molar-refractivity contribution in [2.24, 2.45) is 0 Å². The summed E-state index contributed by atoms with van der Waals surface area (Å²) in [7, 11) is -1.14. The van der Waals surface area contributed by atoms with E-state index in [9.17, 15) is 9.00 Å². The van der Waals surface area contributed by atoms with Crippen LogP contribution in [0.25, 0.3) is 0 Å². The fourth-order valence-corrected chi connectivity index (χ4v) is 4.20. The summed E-state index contributed by atoms with van der Waals surface area (Å²) in [5.74, 6) is -0.274. The summed E-state index contributed by atoms with van der Waals surface area (Å²) < 4.78 is 12.3. The van der Waals surface area contributed by atoms with Crippen LogP contribution in [0.1, 0.15) is 32.6 Å². The summed E-state index contributed by atoms with van der Waals surface area (Å²) in [4.78, 5) is 12.2. The molecule has 6 heteroatoms. The van der Waals surface area contributed by atoms with Crippen LogP contribution in [0.4, 0.5) is 11.4 Å². The average Bonchev–Trinajstić information content (AvgIpc) is 2.95. The first-order valence-electron chi connectivity index (χ1n) is 6.74. The Morgan fingerprint density at radius 3 is 2.75 bits per heavy atom. The molecule has 1 amide bonds. The maximum Gasteiger partial charge on any atom is 0.239 e. The summed E-state index contributed by atoms with van der Waals surface area (Å²) >= 11 is 5.88. The molecule has 1 saturated carbocycles. The number of carbonyl (C=O) groups is 1. The van der Waals surface area contributed by atoms with Crippen molar-refractivity contribution in [2.75, 3.05) is 11.1 Å². The minimum Gasteiger partial charge on any atom is -0.397 e. The number of nitrogens with two attached hydrogens (primary N) is 1. The summed E-state index contributed by atoms with van der Waals surface area (Å²) in [5, 5.41) is 2.81. The Kier molecular flexibility index (Phi) is 5.05. The molecule has 2 rings (SSSR count). The van der Waals surface area contributed by atoms with E-state index < -0.39 is 16.0 Å². The van der Waals surface area contributed by atoms with Gasteiger partial charge < -0.3 is 11.1 Å². The fraction of sp³-hybridized carbons (Fsp3) is 0.500. The third-order valence-corrected chi connectivity index (χ3v) is 5.90. The van der Waals surface area contributed by atoms with Gasteiger partial charge in [-0.15, -0.1) is 0 Å². The maximum absolute atomic E-state index is 12.3. The summed E-state index contributed by atoms with van der Waals surface area (Å²) in [6.45, 7) is 1.70. The maximum atomic E-state index is 12.3. The largest absolute Gasteiger partial charge is 0.397 e. The number of halogens is 1. The van der Waals surface area contributed by atoms with Gasteiger partial charge in [0.15, 0.2) is 0 Å². The SMILES string of the molecule is CC(C(=O)Nc1cc(Cl)ccc1N)S(=O)C1CCCC1. The van der Waals surface area contributed by atoms with Gasteiger partial charge in [0.2, 0.25) is 5.91 Å². The number of amides is 1. The van der Waals surface area contributed by atoms with E-state index in [1.54, 1.807) is 25.1 Å². The molecular weight excluding hydrogens is 296 g/mol. The fourth-order valence-electron chi connectivity index (χ4n) is 2.39. The minimum atomic E-state index is -1.14. The number of hydrogen-bond acceptors (Lipinski definition) is 3. The Labute approximate surface area is 126 Å². The van der Waals surface area contributed by atoms with Gasteiger partial charge >= 0.3 is 0 Å². The molecule has 110 valence electrons. The molecule has 4 nitrogen and oxygen atoms in total. The average molecular weight is 315 g/mol. The topological polar surface area (TPSA) is 72.2 Å². The molecule has 0 heterocycles. The van der Waals surface area contributed by atoms with E-state index >= 15 is 0 Å². The van der Waals surface area contributed by atoms with Gasteiger partial charge in [-0.2, -0.15) is 0 Å². The highest BCUT2D eigenvalue weighted by atomic mass is 35.5. The van der Waals surface area contributed by atoms with Crippen molar-refractivity contribution in [3.05, 3.63) is 23.2 Å². The highest BCUT2D eigenvalue weighted by molar-refractivity contribution is 7.87. The molecular formula is C14H19ClN2O2S. The second kappa shape index (κ2) is 6.59. The van der Waals surface area contributed by atoms with Gasteiger partial charge in [0.1, 0.15) is 5.25 Å². The highest BCUT2D eigenvalue weighted by Gasteiger charge is 2.29.